The lowest BCUT2D eigenvalue weighted by atomic mass is 9.92. The van der Waals surface area contributed by atoms with E-state index in [4.69, 9.17) is 10.3 Å². The maximum absolute atomic E-state index is 13.2. The molecule has 0 spiro atoms. The number of anilines is 1. The molecule has 25 heavy (non-hydrogen) atoms. The summed E-state index contributed by atoms with van der Waals surface area (Å²) < 4.78 is 44.6. The van der Waals surface area contributed by atoms with Crippen molar-refractivity contribution in [1.82, 2.24) is 10.1 Å². The summed E-state index contributed by atoms with van der Waals surface area (Å²) in [5.74, 6) is -0.279. The number of piperidine rings is 1. The summed E-state index contributed by atoms with van der Waals surface area (Å²) in [6.07, 6.45) is -3.36. The minimum absolute atomic E-state index is 0.0882. The summed E-state index contributed by atoms with van der Waals surface area (Å²) in [6, 6.07) is 5.43. The van der Waals surface area contributed by atoms with Crippen molar-refractivity contribution in [3.05, 3.63) is 46.6 Å². The van der Waals surface area contributed by atoms with Gasteiger partial charge in [-0.1, -0.05) is 16.8 Å². The van der Waals surface area contributed by atoms with Crippen LogP contribution in [0.2, 0.25) is 0 Å². The molecular formula is C17H18F3N3O2. The number of aryl methyl sites for hydroxylation is 1. The fourth-order valence-corrected chi connectivity index (χ4v) is 3.12. The number of nitrogen functional groups attached to an aromatic ring is 1. The van der Waals surface area contributed by atoms with Gasteiger partial charge in [0.25, 0.3) is 5.91 Å². The third-order valence-corrected chi connectivity index (χ3v) is 4.46. The summed E-state index contributed by atoms with van der Waals surface area (Å²) in [4.78, 5) is 14.1. The molecule has 1 aliphatic rings. The van der Waals surface area contributed by atoms with E-state index >= 15 is 0 Å². The molecule has 134 valence electrons. The molecule has 1 saturated heterocycles. The van der Waals surface area contributed by atoms with Crippen LogP contribution in [0.4, 0.5) is 19.1 Å². The number of hydrogen-bond acceptors (Lipinski definition) is 4. The second-order valence-electron chi connectivity index (χ2n) is 6.27. The first-order chi connectivity index (χ1) is 11.8. The van der Waals surface area contributed by atoms with Gasteiger partial charge in [0, 0.05) is 25.1 Å². The standard InChI is InChI=1S/C17H18F3N3O2/c1-10-2-3-12(13(8-10)17(18,19)20)16(24)23-6-4-11(5-7-23)14-9-15(21)25-22-14/h2-3,8-9,11H,4-7,21H2,1H3. The van der Waals surface area contributed by atoms with E-state index in [1.165, 1.54) is 17.0 Å². The topological polar surface area (TPSA) is 72.4 Å². The second-order valence-corrected chi connectivity index (χ2v) is 6.27. The van der Waals surface area contributed by atoms with Gasteiger partial charge in [0.15, 0.2) is 0 Å². The van der Waals surface area contributed by atoms with Crippen LogP contribution < -0.4 is 5.73 Å². The number of aromatic nitrogens is 1. The maximum atomic E-state index is 13.2. The van der Waals surface area contributed by atoms with Gasteiger partial charge in [-0.15, -0.1) is 0 Å². The second kappa shape index (κ2) is 6.42. The smallest absolute Gasteiger partial charge is 0.368 e. The molecule has 2 N–H and O–H groups in total. The van der Waals surface area contributed by atoms with Gasteiger partial charge in [-0.05, 0) is 31.9 Å². The van der Waals surface area contributed by atoms with Crippen molar-refractivity contribution in [2.24, 2.45) is 0 Å². The molecule has 0 radical (unpaired) electrons. The van der Waals surface area contributed by atoms with Crippen LogP contribution in [0.25, 0.3) is 0 Å². The molecule has 0 atom stereocenters. The number of amides is 1. The molecule has 0 saturated carbocycles. The Kier molecular flexibility index (Phi) is 4.45. The molecule has 0 aliphatic carbocycles. The van der Waals surface area contributed by atoms with Crippen molar-refractivity contribution in [2.75, 3.05) is 18.8 Å². The van der Waals surface area contributed by atoms with E-state index in [0.717, 1.165) is 11.8 Å². The largest absolute Gasteiger partial charge is 0.417 e. The Morgan fingerprint density at radius 1 is 1.28 bits per heavy atom. The zero-order valence-electron chi connectivity index (χ0n) is 13.6. The monoisotopic (exact) mass is 353 g/mol. The van der Waals surface area contributed by atoms with Crippen LogP contribution in [-0.2, 0) is 6.18 Å². The summed E-state index contributed by atoms with van der Waals surface area (Å²) in [6.45, 7) is 2.29. The maximum Gasteiger partial charge on any atom is 0.417 e. The Balaban J connectivity index is 1.75. The van der Waals surface area contributed by atoms with Crippen LogP contribution in [0.1, 0.15) is 45.9 Å². The van der Waals surface area contributed by atoms with Gasteiger partial charge in [0.1, 0.15) is 0 Å². The lowest BCUT2D eigenvalue weighted by Gasteiger charge is -2.31. The quantitative estimate of drug-likeness (QED) is 0.895. The Bertz CT molecular complexity index is 778. The summed E-state index contributed by atoms with van der Waals surface area (Å²) in [5, 5.41) is 3.87. The van der Waals surface area contributed by atoms with Gasteiger partial charge < -0.3 is 15.2 Å². The molecule has 1 aromatic carbocycles. The van der Waals surface area contributed by atoms with Crippen LogP contribution in [0.5, 0.6) is 0 Å². The van der Waals surface area contributed by atoms with Gasteiger partial charge >= 0.3 is 6.18 Å². The molecule has 1 amide bonds. The zero-order valence-corrected chi connectivity index (χ0v) is 13.6. The number of likely N-dealkylation sites (tertiary alicyclic amines) is 1. The zero-order chi connectivity index (χ0) is 18.2. The first-order valence-corrected chi connectivity index (χ1v) is 7.95. The van der Waals surface area contributed by atoms with E-state index in [0.29, 0.717) is 31.5 Å². The van der Waals surface area contributed by atoms with Gasteiger partial charge in [0.05, 0.1) is 16.8 Å². The van der Waals surface area contributed by atoms with Gasteiger partial charge in [-0.25, -0.2) is 0 Å². The number of rotatable bonds is 2. The van der Waals surface area contributed by atoms with Gasteiger partial charge in [-0.3, -0.25) is 4.79 Å². The molecule has 2 aromatic rings. The number of nitrogens with two attached hydrogens (primary N) is 1. The molecule has 0 bridgehead atoms. The van der Waals surface area contributed by atoms with E-state index in [1.807, 2.05) is 0 Å². The molecule has 0 unspecified atom stereocenters. The van der Waals surface area contributed by atoms with Crippen LogP contribution in [0.3, 0.4) is 0 Å². The van der Waals surface area contributed by atoms with Crippen molar-refractivity contribution in [1.29, 1.82) is 0 Å². The SMILES string of the molecule is Cc1ccc(C(=O)N2CCC(c3cc(N)on3)CC2)c(C(F)(F)F)c1. The predicted octanol–water partition coefficient (Wildman–Crippen LogP) is 3.60. The number of nitrogens with zero attached hydrogens (tertiary/aromatic N) is 2. The minimum atomic E-state index is -4.56. The number of benzene rings is 1. The third kappa shape index (κ3) is 3.62. The van der Waals surface area contributed by atoms with Gasteiger partial charge in [0.2, 0.25) is 5.88 Å². The molecule has 8 heteroatoms. The normalized spacial score (nSPS) is 16.2. The molecule has 1 aliphatic heterocycles. The number of alkyl halides is 3. The average molecular weight is 353 g/mol. The van der Waals surface area contributed by atoms with E-state index in [-0.39, 0.29) is 17.4 Å². The number of hydrogen-bond donors (Lipinski definition) is 1. The van der Waals surface area contributed by atoms with Gasteiger partial charge in [-0.2, -0.15) is 13.2 Å². The molecule has 1 fully saturated rings. The number of carbonyl (C=O) groups excluding carboxylic acids is 1. The van der Waals surface area contributed by atoms with Crippen LogP contribution in [0, 0.1) is 6.92 Å². The van der Waals surface area contributed by atoms with Crippen LogP contribution in [-0.4, -0.2) is 29.1 Å². The van der Waals surface area contributed by atoms with Crippen LogP contribution >= 0.6 is 0 Å². The fraction of sp³-hybridized carbons (Fsp3) is 0.412. The van der Waals surface area contributed by atoms with Crippen molar-refractivity contribution in [3.63, 3.8) is 0 Å². The summed E-state index contributed by atoms with van der Waals surface area (Å²) in [7, 11) is 0. The Morgan fingerprint density at radius 2 is 1.96 bits per heavy atom. The van der Waals surface area contributed by atoms with Crippen molar-refractivity contribution in [3.8, 4) is 0 Å². The summed E-state index contributed by atoms with van der Waals surface area (Å²) in [5.41, 5.74) is 5.50. The van der Waals surface area contributed by atoms with Crippen molar-refractivity contribution < 1.29 is 22.5 Å². The highest BCUT2D eigenvalue weighted by atomic mass is 19.4. The fourth-order valence-electron chi connectivity index (χ4n) is 3.12. The highest BCUT2D eigenvalue weighted by Gasteiger charge is 2.37. The van der Waals surface area contributed by atoms with E-state index in [1.54, 1.807) is 13.0 Å². The predicted molar refractivity (Wildman–Crippen MR) is 85.0 cm³/mol. The summed E-state index contributed by atoms with van der Waals surface area (Å²) >= 11 is 0. The molecule has 5 nitrogen and oxygen atoms in total. The molecule has 3 rings (SSSR count). The molecule has 1 aromatic heterocycles. The van der Waals surface area contributed by atoms with Crippen molar-refractivity contribution >= 4 is 11.8 Å². The van der Waals surface area contributed by atoms with E-state index in [2.05, 4.69) is 5.16 Å². The highest BCUT2D eigenvalue weighted by molar-refractivity contribution is 5.96. The lowest BCUT2D eigenvalue weighted by Crippen LogP contribution is -2.38. The van der Waals surface area contributed by atoms with Crippen molar-refractivity contribution in [2.45, 2.75) is 31.9 Å². The van der Waals surface area contributed by atoms with E-state index in [9.17, 15) is 18.0 Å². The third-order valence-electron chi connectivity index (χ3n) is 4.46. The first kappa shape index (κ1) is 17.3. The Labute approximate surface area is 142 Å². The van der Waals surface area contributed by atoms with Crippen LogP contribution in [0.15, 0.2) is 28.8 Å². The lowest BCUT2D eigenvalue weighted by molar-refractivity contribution is -0.138. The Morgan fingerprint density at radius 3 is 2.52 bits per heavy atom. The first-order valence-electron chi connectivity index (χ1n) is 7.95. The number of halogens is 3. The molecular weight excluding hydrogens is 335 g/mol. The molecule has 2 heterocycles. The van der Waals surface area contributed by atoms with E-state index < -0.39 is 17.6 Å². The highest BCUT2D eigenvalue weighted by Crippen LogP contribution is 2.34. The number of carbonyl (C=O) groups is 1. The minimum Gasteiger partial charge on any atom is -0.368 e. The average Bonchev–Trinajstić information content (AvgIpc) is 3.00. The Hall–Kier alpha value is -2.51.